The van der Waals surface area contributed by atoms with Gasteiger partial charge in [-0.1, -0.05) is 18.2 Å². The van der Waals surface area contributed by atoms with Gasteiger partial charge in [-0.3, -0.25) is 9.97 Å². The van der Waals surface area contributed by atoms with E-state index in [9.17, 15) is 9.90 Å². The molecule has 0 spiro atoms. The minimum atomic E-state index is -0.960. The summed E-state index contributed by atoms with van der Waals surface area (Å²) in [5.41, 5.74) is 5.03. The van der Waals surface area contributed by atoms with Crippen LogP contribution < -0.4 is 0 Å². The highest BCUT2D eigenvalue weighted by molar-refractivity contribution is 5.96. The van der Waals surface area contributed by atoms with Gasteiger partial charge in [0.2, 0.25) is 0 Å². The van der Waals surface area contributed by atoms with Crippen molar-refractivity contribution in [2.75, 3.05) is 0 Å². The third-order valence-corrected chi connectivity index (χ3v) is 4.25. The van der Waals surface area contributed by atoms with Crippen LogP contribution in [0.1, 0.15) is 10.4 Å². The topological polar surface area (TPSA) is 76.0 Å². The molecule has 0 saturated heterocycles. The van der Waals surface area contributed by atoms with E-state index in [1.54, 1.807) is 36.9 Å². The van der Waals surface area contributed by atoms with Gasteiger partial charge in [0.1, 0.15) is 0 Å². The Hall–Kier alpha value is -3.86. The first-order chi connectivity index (χ1) is 13.2. The number of rotatable bonds is 4. The van der Waals surface area contributed by atoms with Crippen LogP contribution in [0.2, 0.25) is 0 Å². The number of carboxylic acids is 1. The lowest BCUT2D eigenvalue weighted by Gasteiger charge is -2.11. The number of hydrogen-bond acceptors (Lipinski definition) is 4. The fraction of sp³-hybridized carbons (Fsp3) is 0. The molecule has 0 amide bonds. The molecule has 0 aliphatic rings. The summed E-state index contributed by atoms with van der Waals surface area (Å²) in [7, 11) is 0. The monoisotopic (exact) mass is 353 g/mol. The van der Waals surface area contributed by atoms with Gasteiger partial charge in [-0.05, 0) is 53.6 Å². The Bertz CT molecular complexity index is 1040. The number of aromatic carboxylic acids is 1. The molecular weight excluding hydrogens is 338 g/mol. The van der Waals surface area contributed by atoms with Gasteiger partial charge < -0.3 is 5.11 Å². The molecule has 3 heterocycles. The summed E-state index contributed by atoms with van der Waals surface area (Å²) in [6.45, 7) is 0. The molecule has 4 aromatic rings. The quantitative estimate of drug-likeness (QED) is 0.581. The second kappa shape index (κ2) is 7.17. The van der Waals surface area contributed by atoms with Crippen LogP contribution in [0.3, 0.4) is 0 Å². The van der Waals surface area contributed by atoms with Crippen molar-refractivity contribution in [1.82, 2.24) is 15.0 Å². The van der Waals surface area contributed by atoms with Crippen LogP contribution in [0.4, 0.5) is 0 Å². The molecule has 27 heavy (non-hydrogen) atoms. The zero-order valence-electron chi connectivity index (χ0n) is 14.3. The molecule has 0 aliphatic carbocycles. The van der Waals surface area contributed by atoms with Gasteiger partial charge in [0.15, 0.2) is 0 Å². The molecule has 0 atom stereocenters. The van der Waals surface area contributed by atoms with E-state index in [0.29, 0.717) is 5.56 Å². The number of carbonyl (C=O) groups is 1. The Balaban J connectivity index is 1.96. The van der Waals surface area contributed by atoms with Crippen LogP contribution in [0.25, 0.3) is 33.6 Å². The van der Waals surface area contributed by atoms with E-state index in [1.807, 2.05) is 48.5 Å². The maximum Gasteiger partial charge on any atom is 0.336 e. The van der Waals surface area contributed by atoms with Gasteiger partial charge in [-0.2, -0.15) is 0 Å². The summed E-state index contributed by atoms with van der Waals surface area (Å²) in [6, 6.07) is 18.3. The number of benzene rings is 1. The standard InChI is InChI=1S/C22H15N3O2/c26-22(27)19-4-2-1-3-18(19)17-13-20(15-5-9-23-10-6-15)25-21(14-17)16-7-11-24-12-8-16/h1-14H,(H,26,27). The lowest BCUT2D eigenvalue weighted by molar-refractivity contribution is 0.0697. The van der Waals surface area contributed by atoms with Crippen LogP contribution in [0.15, 0.2) is 85.5 Å². The molecule has 0 unspecified atom stereocenters. The average Bonchev–Trinajstić information content (AvgIpc) is 2.74. The Morgan fingerprint density at radius 1 is 0.704 bits per heavy atom. The van der Waals surface area contributed by atoms with Gasteiger partial charge in [0, 0.05) is 35.9 Å². The molecule has 0 aliphatic heterocycles. The van der Waals surface area contributed by atoms with Crippen molar-refractivity contribution < 1.29 is 9.90 Å². The van der Waals surface area contributed by atoms with Crippen molar-refractivity contribution in [3.05, 3.63) is 91.0 Å². The van der Waals surface area contributed by atoms with Crippen molar-refractivity contribution in [3.63, 3.8) is 0 Å². The molecule has 0 bridgehead atoms. The molecule has 4 rings (SSSR count). The predicted molar refractivity (Wildman–Crippen MR) is 103 cm³/mol. The molecule has 5 nitrogen and oxygen atoms in total. The van der Waals surface area contributed by atoms with Crippen molar-refractivity contribution in [3.8, 4) is 33.6 Å². The molecular formula is C22H15N3O2. The summed E-state index contributed by atoms with van der Waals surface area (Å²) < 4.78 is 0. The van der Waals surface area contributed by atoms with E-state index in [2.05, 4.69) is 9.97 Å². The van der Waals surface area contributed by atoms with E-state index in [-0.39, 0.29) is 5.56 Å². The van der Waals surface area contributed by atoms with Gasteiger partial charge >= 0.3 is 5.97 Å². The Labute approximate surface area is 156 Å². The Morgan fingerprint density at radius 2 is 1.22 bits per heavy atom. The first kappa shape index (κ1) is 16.6. The molecule has 0 saturated carbocycles. The number of carboxylic acid groups (broad SMARTS) is 1. The van der Waals surface area contributed by atoms with Gasteiger partial charge in [-0.25, -0.2) is 9.78 Å². The summed E-state index contributed by atoms with van der Waals surface area (Å²) in [6.07, 6.45) is 6.84. The Morgan fingerprint density at radius 3 is 1.74 bits per heavy atom. The first-order valence-electron chi connectivity index (χ1n) is 8.38. The van der Waals surface area contributed by atoms with Crippen LogP contribution in [-0.2, 0) is 0 Å². The summed E-state index contributed by atoms with van der Waals surface area (Å²) in [4.78, 5) is 24.6. The first-order valence-corrected chi connectivity index (χ1v) is 8.38. The normalized spacial score (nSPS) is 10.5. The minimum Gasteiger partial charge on any atom is -0.478 e. The highest BCUT2D eigenvalue weighted by Crippen LogP contribution is 2.31. The molecule has 5 heteroatoms. The highest BCUT2D eigenvalue weighted by Gasteiger charge is 2.14. The Kier molecular flexibility index (Phi) is 4.41. The maximum atomic E-state index is 11.7. The fourth-order valence-electron chi connectivity index (χ4n) is 2.95. The number of aromatic nitrogens is 3. The third-order valence-electron chi connectivity index (χ3n) is 4.25. The predicted octanol–water partition coefficient (Wildman–Crippen LogP) is 4.57. The minimum absolute atomic E-state index is 0.255. The average molecular weight is 353 g/mol. The van der Waals surface area contributed by atoms with Crippen molar-refractivity contribution in [2.24, 2.45) is 0 Å². The number of hydrogen-bond donors (Lipinski definition) is 1. The zero-order valence-corrected chi connectivity index (χ0v) is 14.3. The molecule has 3 aromatic heterocycles. The number of nitrogens with zero attached hydrogens (tertiary/aromatic N) is 3. The zero-order chi connectivity index (χ0) is 18.6. The maximum absolute atomic E-state index is 11.7. The van der Waals surface area contributed by atoms with Crippen LogP contribution in [0, 0.1) is 0 Å². The third kappa shape index (κ3) is 3.43. The van der Waals surface area contributed by atoms with Gasteiger partial charge in [-0.15, -0.1) is 0 Å². The lowest BCUT2D eigenvalue weighted by atomic mass is 9.97. The number of pyridine rings is 3. The van der Waals surface area contributed by atoms with Gasteiger partial charge in [0.05, 0.1) is 17.0 Å². The van der Waals surface area contributed by atoms with Gasteiger partial charge in [0.25, 0.3) is 0 Å². The SMILES string of the molecule is O=C(O)c1ccccc1-c1cc(-c2ccncc2)nc(-c2ccncc2)c1. The lowest BCUT2D eigenvalue weighted by Crippen LogP contribution is -2.00. The van der Waals surface area contributed by atoms with Crippen LogP contribution in [0.5, 0.6) is 0 Å². The van der Waals surface area contributed by atoms with E-state index < -0.39 is 5.97 Å². The molecule has 0 fully saturated rings. The molecule has 1 N–H and O–H groups in total. The van der Waals surface area contributed by atoms with Crippen LogP contribution in [-0.4, -0.2) is 26.0 Å². The smallest absolute Gasteiger partial charge is 0.336 e. The summed E-state index contributed by atoms with van der Waals surface area (Å²) in [5, 5.41) is 9.57. The fourth-order valence-corrected chi connectivity index (χ4v) is 2.95. The molecule has 0 radical (unpaired) electrons. The largest absolute Gasteiger partial charge is 0.478 e. The van der Waals surface area contributed by atoms with Crippen molar-refractivity contribution in [2.45, 2.75) is 0 Å². The van der Waals surface area contributed by atoms with Crippen molar-refractivity contribution >= 4 is 5.97 Å². The summed E-state index contributed by atoms with van der Waals surface area (Å²) in [5.74, 6) is -0.960. The molecule has 130 valence electrons. The van der Waals surface area contributed by atoms with E-state index in [4.69, 9.17) is 4.98 Å². The highest BCUT2D eigenvalue weighted by atomic mass is 16.4. The van der Waals surface area contributed by atoms with E-state index in [1.165, 1.54) is 0 Å². The molecule has 1 aromatic carbocycles. The summed E-state index contributed by atoms with van der Waals surface area (Å²) >= 11 is 0. The second-order valence-electron chi connectivity index (χ2n) is 5.95. The van der Waals surface area contributed by atoms with E-state index >= 15 is 0 Å². The van der Waals surface area contributed by atoms with Crippen molar-refractivity contribution in [1.29, 1.82) is 0 Å². The van der Waals surface area contributed by atoms with E-state index in [0.717, 1.165) is 28.1 Å². The second-order valence-corrected chi connectivity index (χ2v) is 5.95. The van der Waals surface area contributed by atoms with Crippen LogP contribution >= 0.6 is 0 Å².